The molecule has 1 aromatic rings. The maximum absolute atomic E-state index is 12.4. The van der Waals surface area contributed by atoms with Gasteiger partial charge in [0.05, 0.1) is 4.92 Å². The average Bonchev–Trinajstić information content (AvgIpc) is 2.85. The molecule has 2 unspecified atom stereocenters. The number of nitro benzene ring substituents is 1. The van der Waals surface area contributed by atoms with Crippen LogP contribution in [0.15, 0.2) is 23.1 Å². The Bertz CT molecular complexity index is 648. The summed E-state index contributed by atoms with van der Waals surface area (Å²) in [4.78, 5) is 9.89. The van der Waals surface area contributed by atoms with E-state index >= 15 is 0 Å². The first-order chi connectivity index (χ1) is 9.83. The van der Waals surface area contributed by atoms with E-state index in [0.29, 0.717) is 5.25 Å². The van der Waals surface area contributed by atoms with E-state index in [1.807, 2.05) is 6.26 Å². The molecule has 3 N–H and O–H groups in total. The third-order valence-corrected chi connectivity index (χ3v) is 6.15. The number of nitrogens with zero attached hydrogens (tertiary/aromatic N) is 1. The van der Waals surface area contributed by atoms with Gasteiger partial charge < -0.3 is 5.73 Å². The Morgan fingerprint density at radius 2 is 2.14 bits per heavy atom. The first-order valence-corrected chi connectivity index (χ1v) is 9.19. The van der Waals surface area contributed by atoms with Crippen LogP contribution in [-0.4, -0.2) is 30.9 Å². The standard InChI is InChI=1S/C12H17N3O4S2/c1-20-10-4-3-9(7-10)14-21(18,19)12-6-8(13)2-5-11(12)15(16)17/h2,5-6,9-10,14H,3-4,7,13H2,1H3. The maximum Gasteiger partial charge on any atom is 0.289 e. The predicted molar refractivity (Wildman–Crippen MR) is 82.8 cm³/mol. The SMILES string of the molecule is CSC1CCC(NS(=O)(=O)c2cc(N)ccc2[N+](=O)[O-])C1. The van der Waals surface area contributed by atoms with Gasteiger partial charge in [0, 0.05) is 23.0 Å². The van der Waals surface area contributed by atoms with Gasteiger partial charge in [0.2, 0.25) is 10.0 Å². The monoisotopic (exact) mass is 331 g/mol. The number of anilines is 1. The zero-order valence-electron chi connectivity index (χ0n) is 11.5. The van der Waals surface area contributed by atoms with Gasteiger partial charge in [0.25, 0.3) is 5.69 Å². The molecule has 2 rings (SSSR count). The number of hydrogen-bond donors (Lipinski definition) is 2. The highest BCUT2D eigenvalue weighted by molar-refractivity contribution is 7.99. The van der Waals surface area contributed by atoms with E-state index in [1.54, 1.807) is 11.8 Å². The van der Waals surface area contributed by atoms with E-state index in [2.05, 4.69) is 4.72 Å². The highest BCUT2D eigenvalue weighted by Gasteiger charge is 2.32. The molecule has 1 aromatic carbocycles. The minimum atomic E-state index is -3.95. The molecule has 7 nitrogen and oxygen atoms in total. The molecule has 0 spiro atoms. The van der Waals surface area contributed by atoms with Gasteiger partial charge >= 0.3 is 0 Å². The Balaban J connectivity index is 2.28. The lowest BCUT2D eigenvalue weighted by Gasteiger charge is -2.13. The van der Waals surface area contributed by atoms with Crippen LogP contribution in [0.2, 0.25) is 0 Å². The van der Waals surface area contributed by atoms with Gasteiger partial charge in [0.15, 0.2) is 4.90 Å². The second-order valence-electron chi connectivity index (χ2n) is 4.97. The Morgan fingerprint density at radius 1 is 1.43 bits per heavy atom. The van der Waals surface area contributed by atoms with E-state index in [4.69, 9.17) is 5.73 Å². The molecule has 1 aliphatic carbocycles. The maximum atomic E-state index is 12.4. The van der Waals surface area contributed by atoms with Crippen molar-refractivity contribution < 1.29 is 13.3 Å². The fourth-order valence-electron chi connectivity index (χ4n) is 2.44. The van der Waals surface area contributed by atoms with Gasteiger partial charge in [0.1, 0.15) is 0 Å². The van der Waals surface area contributed by atoms with Gasteiger partial charge in [-0.15, -0.1) is 0 Å². The number of hydrogen-bond acceptors (Lipinski definition) is 6. The van der Waals surface area contributed by atoms with Crippen molar-refractivity contribution in [3.05, 3.63) is 28.3 Å². The van der Waals surface area contributed by atoms with Crippen LogP contribution < -0.4 is 10.5 Å². The van der Waals surface area contributed by atoms with Crippen molar-refractivity contribution in [2.45, 2.75) is 35.4 Å². The van der Waals surface area contributed by atoms with Crippen molar-refractivity contribution >= 4 is 33.2 Å². The Kier molecular flexibility index (Phi) is 4.74. The van der Waals surface area contributed by atoms with Crippen molar-refractivity contribution in [1.29, 1.82) is 0 Å². The van der Waals surface area contributed by atoms with Crippen molar-refractivity contribution in [1.82, 2.24) is 4.72 Å². The first kappa shape index (κ1) is 16.1. The van der Waals surface area contributed by atoms with Gasteiger partial charge in [-0.05, 0) is 37.7 Å². The molecule has 1 saturated carbocycles. The van der Waals surface area contributed by atoms with Crippen molar-refractivity contribution in [3.63, 3.8) is 0 Å². The van der Waals surface area contributed by atoms with Crippen LogP contribution in [0.1, 0.15) is 19.3 Å². The molecule has 2 atom stereocenters. The lowest BCUT2D eigenvalue weighted by molar-refractivity contribution is -0.387. The van der Waals surface area contributed by atoms with Crippen molar-refractivity contribution in [3.8, 4) is 0 Å². The fraction of sp³-hybridized carbons (Fsp3) is 0.500. The molecule has 0 aromatic heterocycles. The van der Waals surface area contributed by atoms with Gasteiger partial charge in [-0.2, -0.15) is 11.8 Å². The van der Waals surface area contributed by atoms with Gasteiger partial charge in [-0.3, -0.25) is 10.1 Å². The summed E-state index contributed by atoms with van der Waals surface area (Å²) in [5, 5.41) is 11.4. The molecule has 0 bridgehead atoms. The number of thioether (sulfide) groups is 1. The minimum absolute atomic E-state index is 0.175. The highest BCUT2D eigenvalue weighted by Crippen LogP contribution is 2.31. The molecular formula is C12H17N3O4S2. The molecule has 0 heterocycles. The minimum Gasteiger partial charge on any atom is -0.399 e. The van der Waals surface area contributed by atoms with E-state index in [1.165, 1.54) is 6.07 Å². The Labute approximate surface area is 127 Å². The smallest absolute Gasteiger partial charge is 0.289 e. The molecule has 0 amide bonds. The van der Waals surface area contributed by atoms with E-state index < -0.39 is 20.6 Å². The second-order valence-corrected chi connectivity index (χ2v) is 7.79. The number of nitrogens with two attached hydrogens (primary N) is 1. The Morgan fingerprint density at radius 3 is 2.71 bits per heavy atom. The summed E-state index contributed by atoms with van der Waals surface area (Å²) in [5.74, 6) is 0. The van der Waals surface area contributed by atoms with Crippen molar-refractivity contribution in [2.24, 2.45) is 0 Å². The molecule has 9 heteroatoms. The summed E-state index contributed by atoms with van der Waals surface area (Å²) in [6.45, 7) is 0. The lowest BCUT2D eigenvalue weighted by Crippen LogP contribution is -2.33. The zero-order chi connectivity index (χ0) is 15.6. The summed E-state index contributed by atoms with van der Waals surface area (Å²) >= 11 is 1.71. The van der Waals surface area contributed by atoms with Crippen LogP contribution in [0.3, 0.4) is 0 Å². The molecule has 21 heavy (non-hydrogen) atoms. The molecule has 0 radical (unpaired) electrons. The van der Waals surface area contributed by atoms with Gasteiger partial charge in [-0.25, -0.2) is 13.1 Å². The average molecular weight is 331 g/mol. The van der Waals surface area contributed by atoms with E-state index in [9.17, 15) is 18.5 Å². The van der Waals surface area contributed by atoms with Crippen molar-refractivity contribution in [2.75, 3.05) is 12.0 Å². The molecule has 1 fully saturated rings. The molecule has 0 aliphatic heterocycles. The van der Waals surface area contributed by atoms with Crippen LogP contribution in [-0.2, 0) is 10.0 Å². The number of nitrogens with one attached hydrogen (secondary N) is 1. The Hall–Kier alpha value is -1.32. The fourth-order valence-corrected chi connectivity index (χ4v) is 4.73. The van der Waals surface area contributed by atoms with Crippen LogP contribution in [0.25, 0.3) is 0 Å². The second kappa shape index (κ2) is 6.20. The third-order valence-electron chi connectivity index (χ3n) is 3.51. The number of sulfonamides is 1. The number of rotatable bonds is 5. The summed E-state index contributed by atoms with van der Waals surface area (Å²) in [5.41, 5.74) is 5.27. The summed E-state index contributed by atoms with van der Waals surface area (Å²) in [6, 6.07) is 3.37. The summed E-state index contributed by atoms with van der Waals surface area (Å²) in [7, 11) is -3.95. The first-order valence-electron chi connectivity index (χ1n) is 6.42. The van der Waals surface area contributed by atoms with Gasteiger partial charge in [-0.1, -0.05) is 0 Å². The van der Waals surface area contributed by atoms with Crippen LogP contribution >= 0.6 is 11.8 Å². The summed E-state index contributed by atoms with van der Waals surface area (Å²) in [6.07, 6.45) is 4.40. The van der Waals surface area contributed by atoms with Crippen LogP contribution in [0.4, 0.5) is 11.4 Å². The number of nitrogen functional groups attached to an aromatic ring is 1. The van der Waals surface area contributed by atoms with E-state index in [-0.39, 0.29) is 16.6 Å². The number of nitro groups is 1. The largest absolute Gasteiger partial charge is 0.399 e. The third kappa shape index (κ3) is 3.66. The normalized spacial score (nSPS) is 22.3. The molecule has 116 valence electrons. The quantitative estimate of drug-likeness (QED) is 0.482. The lowest BCUT2D eigenvalue weighted by atomic mass is 10.3. The molecular weight excluding hydrogens is 314 g/mol. The predicted octanol–water partition coefficient (Wildman–Crippen LogP) is 1.74. The van der Waals surface area contributed by atoms with Crippen LogP contribution in [0.5, 0.6) is 0 Å². The molecule has 0 saturated heterocycles. The summed E-state index contributed by atoms with van der Waals surface area (Å²) < 4.78 is 27.3. The van der Waals surface area contributed by atoms with E-state index in [0.717, 1.165) is 31.4 Å². The number of benzene rings is 1. The molecule has 1 aliphatic rings. The topological polar surface area (TPSA) is 115 Å². The zero-order valence-corrected chi connectivity index (χ0v) is 13.1. The highest BCUT2D eigenvalue weighted by atomic mass is 32.2. The van der Waals surface area contributed by atoms with Crippen LogP contribution in [0, 0.1) is 10.1 Å².